The molecule has 0 saturated carbocycles. The Kier molecular flexibility index (Phi) is 5.71. The Morgan fingerprint density at radius 2 is 1.89 bits per heavy atom. The fourth-order valence-electron chi connectivity index (χ4n) is 1.34. The summed E-state index contributed by atoms with van der Waals surface area (Å²) in [6, 6.07) is 5.76. The monoisotopic (exact) mass is 259 g/mol. The fraction of sp³-hybridized carbons (Fsp3) is 0.385. The molecule has 0 spiro atoms. The van der Waals surface area contributed by atoms with Crippen LogP contribution >= 0.6 is 0 Å². The van der Waals surface area contributed by atoms with Crippen molar-refractivity contribution < 1.29 is 17.9 Å². The molecular formula is C13H16F3NO. The van der Waals surface area contributed by atoms with E-state index in [1.54, 1.807) is 12.1 Å². The molecule has 2 nitrogen and oxygen atoms in total. The van der Waals surface area contributed by atoms with Gasteiger partial charge in [-0.1, -0.05) is 31.2 Å². The predicted octanol–water partition coefficient (Wildman–Crippen LogP) is 3.60. The standard InChI is InChI=1S/C13H16F3NO/c1-2-9-17-10-3-4-11-5-7-12(8-6-11)18-13(14,15)16/h3-8,17H,2,9-10H2,1H3. The first-order chi connectivity index (χ1) is 8.51. The summed E-state index contributed by atoms with van der Waals surface area (Å²) in [7, 11) is 0. The van der Waals surface area contributed by atoms with Gasteiger partial charge in [-0.25, -0.2) is 0 Å². The van der Waals surface area contributed by atoms with Gasteiger partial charge >= 0.3 is 6.36 Å². The Bertz CT molecular complexity index is 371. The second-order valence-electron chi connectivity index (χ2n) is 3.72. The van der Waals surface area contributed by atoms with Gasteiger partial charge in [-0.05, 0) is 30.7 Å². The highest BCUT2D eigenvalue weighted by atomic mass is 19.4. The average molecular weight is 259 g/mol. The van der Waals surface area contributed by atoms with Crippen LogP contribution in [-0.2, 0) is 0 Å². The lowest BCUT2D eigenvalue weighted by atomic mass is 10.2. The van der Waals surface area contributed by atoms with E-state index in [4.69, 9.17) is 0 Å². The number of benzene rings is 1. The van der Waals surface area contributed by atoms with Crippen molar-refractivity contribution in [2.75, 3.05) is 13.1 Å². The van der Waals surface area contributed by atoms with Crippen molar-refractivity contribution in [1.29, 1.82) is 0 Å². The lowest BCUT2D eigenvalue weighted by Crippen LogP contribution is -2.16. The first-order valence-electron chi connectivity index (χ1n) is 5.74. The summed E-state index contributed by atoms with van der Waals surface area (Å²) in [6.07, 6.45) is 0.202. The molecule has 0 bridgehead atoms. The van der Waals surface area contributed by atoms with E-state index in [-0.39, 0.29) is 5.75 Å². The van der Waals surface area contributed by atoms with Crippen molar-refractivity contribution in [1.82, 2.24) is 5.32 Å². The quantitative estimate of drug-likeness (QED) is 0.788. The number of nitrogens with one attached hydrogen (secondary N) is 1. The molecule has 1 aromatic rings. The van der Waals surface area contributed by atoms with Gasteiger partial charge in [-0.2, -0.15) is 0 Å². The topological polar surface area (TPSA) is 21.3 Å². The highest BCUT2D eigenvalue weighted by molar-refractivity contribution is 5.50. The zero-order valence-corrected chi connectivity index (χ0v) is 10.1. The Labute approximate surface area is 104 Å². The molecule has 0 aliphatic carbocycles. The normalized spacial score (nSPS) is 12.0. The molecule has 1 rings (SSSR count). The molecule has 0 saturated heterocycles. The average Bonchev–Trinajstić information content (AvgIpc) is 2.29. The number of halogens is 3. The van der Waals surface area contributed by atoms with Crippen LogP contribution < -0.4 is 10.1 Å². The number of ether oxygens (including phenoxy) is 1. The third-order valence-electron chi connectivity index (χ3n) is 2.11. The van der Waals surface area contributed by atoms with Crippen LogP contribution in [0.15, 0.2) is 30.3 Å². The van der Waals surface area contributed by atoms with Crippen LogP contribution in [-0.4, -0.2) is 19.5 Å². The van der Waals surface area contributed by atoms with E-state index in [2.05, 4.69) is 17.0 Å². The summed E-state index contributed by atoms with van der Waals surface area (Å²) in [5.41, 5.74) is 0.836. The van der Waals surface area contributed by atoms with Crippen molar-refractivity contribution in [2.45, 2.75) is 19.7 Å². The van der Waals surface area contributed by atoms with Crippen LogP contribution in [0.3, 0.4) is 0 Å². The molecule has 0 amide bonds. The summed E-state index contributed by atoms with van der Waals surface area (Å²) in [5, 5.41) is 3.19. The molecular weight excluding hydrogens is 243 g/mol. The molecule has 100 valence electrons. The number of alkyl halides is 3. The van der Waals surface area contributed by atoms with Crippen molar-refractivity contribution in [3.05, 3.63) is 35.9 Å². The second kappa shape index (κ2) is 7.06. The maximum Gasteiger partial charge on any atom is 0.573 e. The highest BCUT2D eigenvalue weighted by Crippen LogP contribution is 2.22. The van der Waals surface area contributed by atoms with Crippen LogP contribution in [0.1, 0.15) is 18.9 Å². The van der Waals surface area contributed by atoms with Crippen LogP contribution in [0.25, 0.3) is 6.08 Å². The van der Waals surface area contributed by atoms with E-state index in [0.29, 0.717) is 0 Å². The molecule has 1 aromatic carbocycles. The van der Waals surface area contributed by atoms with E-state index in [1.165, 1.54) is 12.1 Å². The van der Waals surface area contributed by atoms with Gasteiger partial charge in [0.25, 0.3) is 0 Å². The van der Waals surface area contributed by atoms with Crippen LogP contribution in [0.5, 0.6) is 5.75 Å². The van der Waals surface area contributed by atoms with Gasteiger partial charge in [0.15, 0.2) is 0 Å². The Balaban J connectivity index is 2.45. The summed E-state index contributed by atoms with van der Waals surface area (Å²) < 4.78 is 39.5. The van der Waals surface area contributed by atoms with Gasteiger partial charge < -0.3 is 10.1 Å². The van der Waals surface area contributed by atoms with E-state index in [0.717, 1.165) is 25.1 Å². The fourth-order valence-corrected chi connectivity index (χ4v) is 1.34. The number of rotatable bonds is 6. The molecule has 18 heavy (non-hydrogen) atoms. The first kappa shape index (κ1) is 14.6. The van der Waals surface area contributed by atoms with Gasteiger partial charge in [0.2, 0.25) is 0 Å². The smallest absolute Gasteiger partial charge is 0.406 e. The van der Waals surface area contributed by atoms with E-state index in [1.807, 2.05) is 12.2 Å². The van der Waals surface area contributed by atoms with E-state index < -0.39 is 6.36 Å². The van der Waals surface area contributed by atoms with Crippen molar-refractivity contribution >= 4 is 6.08 Å². The summed E-state index contributed by atoms with van der Waals surface area (Å²) in [4.78, 5) is 0. The zero-order valence-electron chi connectivity index (χ0n) is 10.1. The van der Waals surface area contributed by atoms with Crippen LogP contribution in [0, 0.1) is 0 Å². The molecule has 5 heteroatoms. The van der Waals surface area contributed by atoms with E-state index in [9.17, 15) is 13.2 Å². The summed E-state index contributed by atoms with van der Waals surface area (Å²) >= 11 is 0. The third-order valence-corrected chi connectivity index (χ3v) is 2.11. The van der Waals surface area contributed by atoms with Gasteiger partial charge in [0.1, 0.15) is 5.75 Å². The Morgan fingerprint density at radius 3 is 2.44 bits per heavy atom. The molecule has 0 aliphatic rings. The van der Waals surface area contributed by atoms with E-state index >= 15 is 0 Å². The summed E-state index contributed by atoms with van der Waals surface area (Å²) in [6.45, 7) is 3.77. The molecule has 1 N–H and O–H groups in total. The highest BCUT2D eigenvalue weighted by Gasteiger charge is 2.30. The maximum absolute atomic E-state index is 11.9. The largest absolute Gasteiger partial charge is 0.573 e. The van der Waals surface area contributed by atoms with Crippen LogP contribution in [0.2, 0.25) is 0 Å². The molecule has 0 radical (unpaired) electrons. The van der Waals surface area contributed by atoms with Crippen molar-refractivity contribution in [3.8, 4) is 5.75 Å². The molecule has 0 unspecified atom stereocenters. The third kappa shape index (κ3) is 6.30. The zero-order chi connectivity index (χ0) is 13.4. The van der Waals surface area contributed by atoms with Gasteiger partial charge in [-0.3, -0.25) is 0 Å². The molecule has 0 atom stereocenters. The Morgan fingerprint density at radius 1 is 1.22 bits per heavy atom. The van der Waals surface area contributed by atoms with Crippen molar-refractivity contribution in [3.63, 3.8) is 0 Å². The first-order valence-corrected chi connectivity index (χ1v) is 5.74. The number of hydrogen-bond donors (Lipinski definition) is 1. The molecule has 0 aliphatic heterocycles. The maximum atomic E-state index is 11.9. The summed E-state index contributed by atoms with van der Waals surface area (Å²) in [5.74, 6) is -0.205. The minimum atomic E-state index is -4.64. The van der Waals surface area contributed by atoms with Crippen LogP contribution in [0.4, 0.5) is 13.2 Å². The number of hydrogen-bond acceptors (Lipinski definition) is 2. The lowest BCUT2D eigenvalue weighted by molar-refractivity contribution is -0.274. The predicted molar refractivity (Wildman–Crippen MR) is 65.3 cm³/mol. The van der Waals surface area contributed by atoms with Crippen molar-refractivity contribution in [2.24, 2.45) is 0 Å². The molecule has 0 heterocycles. The SMILES string of the molecule is CCCNCC=Cc1ccc(OC(F)(F)F)cc1. The minimum Gasteiger partial charge on any atom is -0.406 e. The van der Waals surface area contributed by atoms with Gasteiger partial charge in [0, 0.05) is 6.54 Å². The molecule has 0 aromatic heterocycles. The lowest BCUT2D eigenvalue weighted by Gasteiger charge is -2.08. The second-order valence-corrected chi connectivity index (χ2v) is 3.72. The molecule has 0 fully saturated rings. The van der Waals surface area contributed by atoms with Gasteiger partial charge in [-0.15, -0.1) is 13.2 Å². The Hall–Kier alpha value is -1.49. The minimum absolute atomic E-state index is 0.205. The van der Waals surface area contributed by atoms with Gasteiger partial charge in [0.05, 0.1) is 0 Å².